The van der Waals surface area contributed by atoms with E-state index in [1.165, 1.54) is 25.7 Å². The molecule has 0 atom stereocenters. The zero-order chi connectivity index (χ0) is 9.97. The Hall–Kier alpha value is -0.900. The standard InChI is InChI=1S/C10H17N3O/c1-8-11-10(14-12-8)7-13(2)9-5-3-4-6-9/h9H,3-7H2,1-2H3. The predicted octanol–water partition coefficient (Wildman–Crippen LogP) is 1.75. The predicted molar refractivity (Wildman–Crippen MR) is 52.8 cm³/mol. The van der Waals surface area contributed by atoms with Crippen LogP contribution in [0, 0.1) is 6.92 Å². The Morgan fingerprint density at radius 1 is 1.43 bits per heavy atom. The summed E-state index contributed by atoms with van der Waals surface area (Å²) in [6.07, 6.45) is 5.34. The van der Waals surface area contributed by atoms with E-state index in [4.69, 9.17) is 4.52 Å². The zero-order valence-corrected chi connectivity index (χ0v) is 8.86. The Kier molecular flexibility index (Phi) is 2.82. The lowest BCUT2D eigenvalue weighted by Gasteiger charge is -2.21. The molecule has 0 unspecified atom stereocenters. The van der Waals surface area contributed by atoms with Gasteiger partial charge in [-0.2, -0.15) is 4.98 Å². The fraction of sp³-hybridized carbons (Fsp3) is 0.800. The molecule has 1 fully saturated rings. The van der Waals surface area contributed by atoms with Crippen LogP contribution in [0.5, 0.6) is 0 Å². The molecule has 1 aromatic heterocycles. The van der Waals surface area contributed by atoms with Gasteiger partial charge in [-0.25, -0.2) is 0 Å². The quantitative estimate of drug-likeness (QED) is 0.737. The minimum absolute atomic E-state index is 0.710. The van der Waals surface area contributed by atoms with Crippen LogP contribution in [0.3, 0.4) is 0 Å². The summed E-state index contributed by atoms with van der Waals surface area (Å²) in [6.45, 7) is 2.63. The van der Waals surface area contributed by atoms with E-state index in [0.717, 1.165) is 18.3 Å². The summed E-state index contributed by atoms with van der Waals surface area (Å²) in [4.78, 5) is 6.52. The van der Waals surface area contributed by atoms with Gasteiger partial charge >= 0.3 is 0 Å². The van der Waals surface area contributed by atoms with Crippen LogP contribution < -0.4 is 0 Å². The molecule has 1 aromatic rings. The number of aromatic nitrogens is 2. The van der Waals surface area contributed by atoms with Crippen LogP contribution in [-0.4, -0.2) is 28.1 Å². The van der Waals surface area contributed by atoms with E-state index in [0.29, 0.717) is 6.04 Å². The maximum Gasteiger partial charge on any atom is 0.240 e. The van der Waals surface area contributed by atoms with E-state index in [-0.39, 0.29) is 0 Å². The highest BCUT2D eigenvalue weighted by Gasteiger charge is 2.20. The minimum Gasteiger partial charge on any atom is -0.338 e. The summed E-state index contributed by atoms with van der Waals surface area (Å²) in [5, 5.41) is 3.78. The lowest BCUT2D eigenvalue weighted by atomic mass is 10.2. The van der Waals surface area contributed by atoms with Gasteiger partial charge in [0, 0.05) is 6.04 Å². The fourth-order valence-electron chi connectivity index (χ4n) is 2.09. The van der Waals surface area contributed by atoms with Crippen LogP contribution in [0.2, 0.25) is 0 Å². The molecular formula is C10H17N3O. The van der Waals surface area contributed by atoms with Gasteiger partial charge in [-0.05, 0) is 26.8 Å². The van der Waals surface area contributed by atoms with Crippen LogP contribution in [-0.2, 0) is 6.54 Å². The Labute approximate surface area is 84.3 Å². The third-order valence-electron chi connectivity index (χ3n) is 2.90. The molecule has 2 rings (SSSR count). The molecule has 4 nitrogen and oxygen atoms in total. The number of hydrogen-bond acceptors (Lipinski definition) is 4. The normalized spacial score (nSPS) is 18.2. The molecule has 1 aliphatic rings. The van der Waals surface area contributed by atoms with E-state index >= 15 is 0 Å². The SMILES string of the molecule is Cc1noc(CN(C)C2CCCC2)n1. The van der Waals surface area contributed by atoms with Gasteiger partial charge in [0.15, 0.2) is 5.82 Å². The lowest BCUT2D eigenvalue weighted by Crippen LogP contribution is -2.28. The average molecular weight is 195 g/mol. The van der Waals surface area contributed by atoms with Crippen molar-refractivity contribution in [3.63, 3.8) is 0 Å². The molecule has 78 valence electrons. The smallest absolute Gasteiger partial charge is 0.240 e. The van der Waals surface area contributed by atoms with E-state index in [9.17, 15) is 0 Å². The van der Waals surface area contributed by atoms with Crippen LogP contribution in [0.1, 0.15) is 37.4 Å². The molecule has 1 heterocycles. The average Bonchev–Trinajstić information content (AvgIpc) is 2.75. The molecule has 0 radical (unpaired) electrons. The summed E-state index contributed by atoms with van der Waals surface area (Å²) in [6, 6.07) is 0.710. The highest BCUT2D eigenvalue weighted by Crippen LogP contribution is 2.23. The lowest BCUT2D eigenvalue weighted by molar-refractivity contribution is 0.205. The number of nitrogens with zero attached hydrogens (tertiary/aromatic N) is 3. The Balaban J connectivity index is 1.90. The summed E-state index contributed by atoms with van der Waals surface area (Å²) in [7, 11) is 2.13. The molecule has 0 spiro atoms. The molecule has 1 aliphatic carbocycles. The van der Waals surface area contributed by atoms with Crippen molar-refractivity contribution in [2.24, 2.45) is 0 Å². The van der Waals surface area contributed by atoms with Crippen molar-refractivity contribution in [3.8, 4) is 0 Å². The molecule has 0 aliphatic heterocycles. The van der Waals surface area contributed by atoms with Gasteiger partial charge in [-0.15, -0.1) is 0 Å². The van der Waals surface area contributed by atoms with Crippen molar-refractivity contribution in [2.75, 3.05) is 7.05 Å². The van der Waals surface area contributed by atoms with Gasteiger partial charge in [0.25, 0.3) is 0 Å². The van der Waals surface area contributed by atoms with E-state index in [1.54, 1.807) is 0 Å². The van der Waals surface area contributed by atoms with Crippen LogP contribution in [0.25, 0.3) is 0 Å². The Bertz CT molecular complexity index is 291. The van der Waals surface area contributed by atoms with Crippen LogP contribution in [0.4, 0.5) is 0 Å². The van der Waals surface area contributed by atoms with Crippen molar-refractivity contribution in [1.29, 1.82) is 0 Å². The van der Waals surface area contributed by atoms with Gasteiger partial charge in [0.05, 0.1) is 6.54 Å². The maximum atomic E-state index is 5.09. The van der Waals surface area contributed by atoms with Gasteiger partial charge in [-0.3, -0.25) is 4.90 Å². The fourth-order valence-corrected chi connectivity index (χ4v) is 2.09. The minimum atomic E-state index is 0.710. The number of hydrogen-bond donors (Lipinski definition) is 0. The molecule has 0 amide bonds. The summed E-state index contributed by atoms with van der Waals surface area (Å²) in [5.41, 5.74) is 0. The third kappa shape index (κ3) is 2.12. The summed E-state index contributed by atoms with van der Waals surface area (Å²) < 4.78 is 5.09. The van der Waals surface area contributed by atoms with Gasteiger partial charge < -0.3 is 4.52 Å². The monoisotopic (exact) mass is 195 g/mol. The molecular weight excluding hydrogens is 178 g/mol. The second-order valence-corrected chi connectivity index (χ2v) is 4.09. The first-order chi connectivity index (χ1) is 6.75. The first kappa shape index (κ1) is 9.65. The maximum absolute atomic E-state index is 5.09. The van der Waals surface area contributed by atoms with Gasteiger partial charge in [0.1, 0.15) is 0 Å². The first-order valence-electron chi connectivity index (χ1n) is 5.25. The Morgan fingerprint density at radius 3 is 2.71 bits per heavy atom. The van der Waals surface area contributed by atoms with Crippen molar-refractivity contribution in [3.05, 3.63) is 11.7 Å². The third-order valence-corrected chi connectivity index (χ3v) is 2.90. The highest BCUT2D eigenvalue weighted by molar-refractivity contribution is 4.84. The van der Waals surface area contributed by atoms with Crippen molar-refractivity contribution in [1.82, 2.24) is 15.0 Å². The van der Waals surface area contributed by atoms with Crippen molar-refractivity contribution < 1.29 is 4.52 Å². The van der Waals surface area contributed by atoms with E-state index in [2.05, 4.69) is 22.1 Å². The molecule has 4 heteroatoms. The second-order valence-electron chi connectivity index (χ2n) is 4.09. The molecule has 0 bridgehead atoms. The van der Waals surface area contributed by atoms with E-state index in [1.807, 2.05) is 6.92 Å². The number of aryl methyl sites for hydroxylation is 1. The number of rotatable bonds is 3. The van der Waals surface area contributed by atoms with Gasteiger partial charge in [0.2, 0.25) is 5.89 Å². The molecule has 0 N–H and O–H groups in total. The van der Waals surface area contributed by atoms with Crippen LogP contribution >= 0.6 is 0 Å². The van der Waals surface area contributed by atoms with Crippen molar-refractivity contribution in [2.45, 2.75) is 45.2 Å². The first-order valence-corrected chi connectivity index (χ1v) is 5.25. The summed E-state index contributed by atoms with van der Waals surface area (Å²) in [5.74, 6) is 1.46. The van der Waals surface area contributed by atoms with E-state index < -0.39 is 0 Å². The Morgan fingerprint density at radius 2 is 2.14 bits per heavy atom. The van der Waals surface area contributed by atoms with Crippen LogP contribution in [0.15, 0.2) is 4.52 Å². The molecule has 1 saturated carbocycles. The topological polar surface area (TPSA) is 42.2 Å². The summed E-state index contributed by atoms with van der Waals surface area (Å²) >= 11 is 0. The second kappa shape index (κ2) is 4.09. The van der Waals surface area contributed by atoms with Gasteiger partial charge in [-0.1, -0.05) is 18.0 Å². The molecule has 0 saturated heterocycles. The molecule has 0 aromatic carbocycles. The zero-order valence-electron chi connectivity index (χ0n) is 8.86. The largest absolute Gasteiger partial charge is 0.338 e. The van der Waals surface area contributed by atoms with Crippen molar-refractivity contribution >= 4 is 0 Å². The molecule has 14 heavy (non-hydrogen) atoms. The highest BCUT2D eigenvalue weighted by atomic mass is 16.5.